The predicted molar refractivity (Wildman–Crippen MR) is 120 cm³/mol. The van der Waals surface area contributed by atoms with E-state index < -0.39 is 11.7 Å². The molecule has 0 aromatic heterocycles. The van der Waals surface area contributed by atoms with Crippen LogP contribution in [0.2, 0.25) is 0 Å². The number of carbonyl (C=O) groups is 3. The van der Waals surface area contributed by atoms with E-state index in [1.54, 1.807) is 0 Å². The van der Waals surface area contributed by atoms with Gasteiger partial charge in [-0.2, -0.15) is 0 Å². The largest absolute Gasteiger partial charge is 0.445 e. The van der Waals surface area contributed by atoms with Crippen molar-refractivity contribution in [3.8, 4) is 0 Å². The average Bonchev–Trinajstić information content (AvgIpc) is 2.74. The second-order valence-corrected chi connectivity index (χ2v) is 9.67. The van der Waals surface area contributed by atoms with Crippen molar-refractivity contribution in [2.24, 2.45) is 5.92 Å². The number of hydrogen-bond acceptors (Lipinski definition) is 5. The fourth-order valence-electron chi connectivity index (χ4n) is 4.14. The molecule has 1 aromatic rings. The molecule has 1 aliphatic heterocycles. The smallest absolute Gasteiger partial charge is 0.410 e. The second-order valence-electron chi connectivity index (χ2n) is 9.67. The summed E-state index contributed by atoms with van der Waals surface area (Å²) < 4.78 is 10.7. The SMILES string of the molecule is CC(C)(C)OC(=O)NC1CCC(CN2CCN(C(=O)OCc3ccccc3)CC2=O)CC1. The number of ether oxygens (including phenoxy) is 2. The Kier molecular flexibility index (Phi) is 7.99. The maximum Gasteiger partial charge on any atom is 0.410 e. The highest BCUT2D eigenvalue weighted by Gasteiger charge is 2.31. The molecule has 3 rings (SSSR count). The Hall–Kier alpha value is -2.77. The summed E-state index contributed by atoms with van der Waals surface area (Å²) in [5.74, 6) is 0.370. The van der Waals surface area contributed by atoms with E-state index in [-0.39, 0.29) is 31.2 Å². The summed E-state index contributed by atoms with van der Waals surface area (Å²) in [4.78, 5) is 40.2. The van der Waals surface area contributed by atoms with Crippen LogP contribution in [-0.4, -0.2) is 65.7 Å². The summed E-state index contributed by atoms with van der Waals surface area (Å²) >= 11 is 0. The van der Waals surface area contributed by atoms with Crippen LogP contribution in [0.15, 0.2) is 30.3 Å². The summed E-state index contributed by atoms with van der Waals surface area (Å²) in [5, 5.41) is 2.95. The number of alkyl carbamates (subject to hydrolysis) is 1. The maximum atomic E-state index is 12.6. The van der Waals surface area contributed by atoms with Gasteiger partial charge in [0.2, 0.25) is 5.91 Å². The molecular weight excluding hydrogens is 410 g/mol. The summed E-state index contributed by atoms with van der Waals surface area (Å²) in [6.07, 6.45) is 2.84. The Balaban J connectivity index is 1.36. The van der Waals surface area contributed by atoms with Gasteiger partial charge in [-0.1, -0.05) is 30.3 Å². The first-order valence-corrected chi connectivity index (χ1v) is 11.4. The van der Waals surface area contributed by atoms with Crippen molar-refractivity contribution < 1.29 is 23.9 Å². The molecule has 176 valence electrons. The Morgan fingerprint density at radius 2 is 1.75 bits per heavy atom. The third-order valence-corrected chi connectivity index (χ3v) is 5.83. The van der Waals surface area contributed by atoms with Crippen LogP contribution in [0.1, 0.15) is 52.0 Å². The third kappa shape index (κ3) is 7.43. The van der Waals surface area contributed by atoms with E-state index in [0.717, 1.165) is 31.2 Å². The monoisotopic (exact) mass is 445 g/mol. The lowest BCUT2D eigenvalue weighted by Gasteiger charge is -2.37. The number of benzene rings is 1. The van der Waals surface area contributed by atoms with Gasteiger partial charge in [-0.05, 0) is 57.9 Å². The van der Waals surface area contributed by atoms with Gasteiger partial charge >= 0.3 is 12.2 Å². The lowest BCUT2D eigenvalue weighted by molar-refractivity contribution is -0.136. The van der Waals surface area contributed by atoms with Gasteiger partial charge in [0.1, 0.15) is 18.8 Å². The summed E-state index contributed by atoms with van der Waals surface area (Å²) in [6, 6.07) is 9.61. The van der Waals surface area contributed by atoms with Crippen LogP contribution in [0.3, 0.4) is 0 Å². The van der Waals surface area contributed by atoms with E-state index in [1.807, 2.05) is 56.0 Å². The quantitative estimate of drug-likeness (QED) is 0.749. The lowest BCUT2D eigenvalue weighted by atomic mass is 9.85. The van der Waals surface area contributed by atoms with Crippen molar-refractivity contribution in [2.75, 3.05) is 26.2 Å². The Morgan fingerprint density at radius 1 is 1.06 bits per heavy atom. The topological polar surface area (TPSA) is 88.2 Å². The van der Waals surface area contributed by atoms with Gasteiger partial charge in [0.25, 0.3) is 0 Å². The van der Waals surface area contributed by atoms with Gasteiger partial charge in [0.15, 0.2) is 0 Å². The first-order valence-electron chi connectivity index (χ1n) is 11.4. The van der Waals surface area contributed by atoms with E-state index >= 15 is 0 Å². The van der Waals surface area contributed by atoms with Crippen molar-refractivity contribution in [1.29, 1.82) is 0 Å². The molecule has 0 radical (unpaired) electrons. The molecule has 1 saturated heterocycles. The van der Waals surface area contributed by atoms with Crippen LogP contribution in [-0.2, 0) is 20.9 Å². The minimum absolute atomic E-state index is 0.0399. The molecular formula is C24H35N3O5. The minimum Gasteiger partial charge on any atom is -0.445 e. The van der Waals surface area contributed by atoms with Crippen LogP contribution >= 0.6 is 0 Å². The van der Waals surface area contributed by atoms with Gasteiger partial charge in [-0.15, -0.1) is 0 Å². The molecule has 0 unspecified atom stereocenters. The fraction of sp³-hybridized carbons (Fsp3) is 0.625. The van der Waals surface area contributed by atoms with E-state index in [9.17, 15) is 14.4 Å². The van der Waals surface area contributed by atoms with Crippen molar-refractivity contribution in [3.63, 3.8) is 0 Å². The molecule has 1 aromatic carbocycles. The van der Waals surface area contributed by atoms with Crippen LogP contribution in [0.25, 0.3) is 0 Å². The number of nitrogens with one attached hydrogen (secondary N) is 1. The molecule has 32 heavy (non-hydrogen) atoms. The molecule has 1 aliphatic carbocycles. The second kappa shape index (κ2) is 10.7. The highest BCUT2D eigenvalue weighted by Crippen LogP contribution is 2.26. The Labute approximate surface area is 190 Å². The average molecular weight is 446 g/mol. The van der Waals surface area contributed by atoms with E-state index in [0.29, 0.717) is 25.6 Å². The van der Waals surface area contributed by atoms with Crippen molar-refractivity contribution in [2.45, 2.75) is 64.7 Å². The lowest BCUT2D eigenvalue weighted by Crippen LogP contribution is -2.53. The highest BCUT2D eigenvalue weighted by molar-refractivity contribution is 5.83. The molecule has 1 N–H and O–H groups in total. The molecule has 8 nitrogen and oxygen atoms in total. The Morgan fingerprint density at radius 3 is 2.38 bits per heavy atom. The maximum absolute atomic E-state index is 12.6. The van der Waals surface area contributed by atoms with Crippen LogP contribution < -0.4 is 5.32 Å². The molecule has 0 spiro atoms. The first kappa shape index (κ1) is 23.9. The van der Waals surface area contributed by atoms with Gasteiger partial charge < -0.3 is 19.7 Å². The van der Waals surface area contributed by atoms with Gasteiger partial charge in [-0.3, -0.25) is 9.69 Å². The highest BCUT2D eigenvalue weighted by atomic mass is 16.6. The molecule has 1 saturated carbocycles. The molecule has 3 amide bonds. The van der Waals surface area contributed by atoms with Crippen LogP contribution in [0.4, 0.5) is 9.59 Å². The van der Waals surface area contributed by atoms with Gasteiger partial charge in [0.05, 0.1) is 0 Å². The standard InChI is InChI=1S/C24H35N3O5/c1-24(2,3)32-22(29)25-20-11-9-18(10-12-20)15-26-13-14-27(16-21(26)28)23(30)31-17-19-7-5-4-6-8-19/h4-8,18,20H,9-17H2,1-3H3,(H,25,29). The van der Waals surface area contributed by atoms with Crippen molar-refractivity contribution >= 4 is 18.1 Å². The minimum atomic E-state index is -0.502. The van der Waals surface area contributed by atoms with Gasteiger partial charge in [-0.25, -0.2) is 9.59 Å². The fourth-order valence-corrected chi connectivity index (χ4v) is 4.14. The first-order chi connectivity index (χ1) is 15.2. The molecule has 8 heteroatoms. The number of nitrogens with zero attached hydrogens (tertiary/aromatic N) is 2. The summed E-state index contributed by atoms with van der Waals surface area (Å²) in [7, 11) is 0. The zero-order chi connectivity index (χ0) is 23.1. The van der Waals surface area contributed by atoms with E-state index in [1.165, 1.54) is 4.90 Å². The number of piperazine rings is 1. The van der Waals surface area contributed by atoms with Crippen molar-refractivity contribution in [3.05, 3.63) is 35.9 Å². The number of amides is 3. The number of rotatable bonds is 5. The van der Waals surface area contributed by atoms with Crippen LogP contribution in [0, 0.1) is 5.92 Å². The molecule has 1 heterocycles. The molecule has 0 atom stereocenters. The summed E-state index contributed by atoms with van der Waals surface area (Å²) in [5.41, 5.74) is 0.417. The molecule has 2 aliphatic rings. The zero-order valence-electron chi connectivity index (χ0n) is 19.3. The number of hydrogen-bond donors (Lipinski definition) is 1. The van der Waals surface area contributed by atoms with E-state index in [4.69, 9.17) is 9.47 Å². The zero-order valence-corrected chi connectivity index (χ0v) is 19.3. The van der Waals surface area contributed by atoms with Gasteiger partial charge in [0, 0.05) is 25.7 Å². The molecule has 0 bridgehead atoms. The van der Waals surface area contributed by atoms with Crippen molar-refractivity contribution in [1.82, 2.24) is 15.1 Å². The normalized spacial score (nSPS) is 21.8. The predicted octanol–water partition coefficient (Wildman–Crippen LogP) is 3.55. The molecule has 2 fully saturated rings. The number of carbonyl (C=O) groups excluding carboxylic acids is 3. The Bertz CT molecular complexity index is 785. The van der Waals surface area contributed by atoms with E-state index in [2.05, 4.69) is 5.32 Å². The van der Waals surface area contributed by atoms with Crippen LogP contribution in [0.5, 0.6) is 0 Å². The summed E-state index contributed by atoms with van der Waals surface area (Å²) in [6.45, 7) is 7.52. The third-order valence-electron chi connectivity index (χ3n) is 5.83.